The molecule has 0 radical (unpaired) electrons. The van der Waals surface area contributed by atoms with Gasteiger partial charge in [0.05, 0.1) is 18.4 Å². The highest BCUT2D eigenvalue weighted by atomic mass is 16.4. The van der Waals surface area contributed by atoms with Crippen LogP contribution in [-0.2, 0) is 16.1 Å². The van der Waals surface area contributed by atoms with Crippen molar-refractivity contribution in [2.75, 3.05) is 23.4 Å². The van der Waals surface area contributed by atoms with E-state index < -0.39 is 35.2 Å². The maximum absolute atomic E-state index is 13.0. The number of hydrogen-bond donors (Lipinski definition) is 5. The van der Waals surface area contributed by atoms with Crippen molar-refractivity contribution in [1.82, 2.24) is 25.3 Å². The first-order valence-electron chi connectivity index (χ1n) is 11.4. The van der Waals surface area contributed by atoms with Gasteiger partial charge in [0.1, 0.15) is 5.54 Å². The molecule has 2 aromatic heterocycles. The predicted molar refractivity (Wildman–Crippen MR) is 137 cm³/mol. The van der Waals surface area contributed by atoms with E-state index in [4.69, 9.17) is 16.6 Å². The lowest BCUT2D eigenvalue weighted by atomic mass is 9.70. The predicted octanol–water partition coefficient (Wildman–Crippen LogP) is 1.68. The number of anilines is 3. The number of aliphatic carboxylic acids is 2. The molecule has 2 heterocycles. The van der Waals surface area contributed by atoms with Crippen molar-refractivity contribution in [2.45, 2.75) is 45.7 Å². The van der Waals surface area contributed by atoms with Crippen molar-refractivity contribution in [3.8, 4) is 0 Å². The van der Waals surface area contributed by atoms with Crippen molar-refractivity contribution >= 4 is 46.5 Å². The average Bonchev–Trinajstić information content (AvgIpc) is 2.81. The van der Waals surface area contributed by atoms with Gasteiger partial charge >= 0.3 is 11.9 Å². The molecule has 13 heteroatoms. The Labute approximate surface area is 212 Å². The number of aromatic nitrogens is 4. The average molecular weight is 511 g/mol. The molecule has 1 amide bonds. The Morgan fingerprint density at radius 2 is 1.68 bits per heavy atom. The van der Waals surface area contributed by atoms with Crippen LogP contribution in [0.25, 0.3) is 11.2 Å². The van der Waals surface area contributed by atoms with E-state index in [2.05, 4.69) is 25.3 Å². The quantitative estimate of drug-likeness (QED) is 0.278. The summed E-state index contributed by atoms with van der Waals surface area (Å²) in [6.07, 6.45) is 0.890. The Kier molecular flexibility index (Phi) is 7.46. The third-order valence-electron chi connectivity index (χ3n) is 6.16. The van der Waals surface area contributed by atoms with E-state index in [0.717, 1.165) is 5.69 Å². The number of carboxylic acid groups (broad SMARTS) is 2. The van der Waals surface area contributed by atoms with Crippen LogP contribution in [0.5, 0.6) is 0 Å². The SMILES string of the molecule is CN(Cc1cnc2nc(N)nc(N)c2n1)c1ccc(C(=O)N[C@](CCC(=O)O)(C(=O)O)C(C)(C)C)cc1. The fraction of sp³-hybridized carbons (Fsp3) is 0.375. The number of carbonyl (C=O) groups is 3. The fourth-order valence-corrected chi connectivity index (χ4v) is 3.93. The number of carboxylic acids is 2. The maximum Gasteiger partial charge on any atom is 0.329 e. The summed E-state index contributed by atoms with van der Waals surface area (Å²) in [5.74, 6) is -2.92. The van der Waals surface area contributed by atoms with Gasteiger partial charge < -0.3 is 31.9 Å². The van der Waals surface area contributed by atoms with Crippen LogP contribution in [0.4, 0.5) is 17.5 Å². The molecule has 3 rings (SSSR count). The number of fused-ring (bicyclic) bond motifs is 1. The number of hydrogen-bond acceptors (Lipinski definition) is 10. The summed E-state index contributed by atoms with van der Waals surface area (Å²) in [4.78, 5) is 54.9. The Morgan fingerprint density at radius 1 is 1.03 bits per heavy atom. The molecule has 37 heavy (non-hydrogen) atoms. The number of nitrogens with two attached hydrogens (primary N) is 2. The van der Waals surface area contributed by atoms with Gasteiger partial charge in [-0.1, -0.05) is 20.8 Å². The normalized spacial score (nSPS) is 13.1. The van der Waals surface area contributed by atoms with Crippen LogP contribution in [0.3, 0.4) is 0 Å². The van der Waals surface area contributed by atoms with Crippen LogP contribution in [0.2, 0.25) is 0 Å². The summed E-state index contributed by atoms with van der Waals surface area (Å²) in [5.41, 5.74) is 11.0. The first kappa shape index (κ1) is 27.0. The first-order chi connectivity index (χ1) is 17.2. The standard InChI is InChI=1S/C24H30N8O5/c1-23(2,3)24(21(36)37,10-9-16(33)34)31-20(35)13-5-7-15(8-6-13)32(4)12-14-11-27-19-17(28-14)18(25)29-22(26)30-19/h5-8,11H,9-10,12H2,1-4H3,(H,31,35)(H,33,34)(H,36,37)(H4,25,26,27,29,30)/t24-/m1/s1. The molecule has 0 fully saturated rings. The minimum Gasteiger partial charge on any atom is -0.481 e. The zero-order chi connectivity index (χ0) is 27.5. The first-order valence-corrected chi connectivity index (χ1v) is 11.4. The smallest absolute Gasteiger partial charge is 0.329 e. The van der Waals surface area contributed by atoms with E-state index in [1.54, 1.807) is 51.2 Å². The second-order valence-corrected chi connectivity index (χ2v) is 9.71. The molecule has 0 saturated heterocycles. The number of amides is 1. The molecule has 1 aromatic carbocycles. The maximum atomic E-state index is 13.0. The zero-order valence-corrected chi connectivity index (χ0v) is 21.0. The van der Waals surface area contributed by atoms with Gasteiger partial charge in [-0.15, -0.1) is 0 Å². The molecule has 0 bridgehead atoms. The molecule has 7 N–H and O–H groups in total. The molecule has 0 aliphatic rings. The lowest BCUT2D eigenvalue weighted by molar-refractivity contribution is -0.151. The zero-order valence-electron chi connectivity index (χ0n) is 21.0. The Hall–Kier alpha value is -4.55. The number of nitrogens with zero attached hydrogens (tertiary/aromatic N) is 5. The number of carbonyl (C=O) groups excluding carboxylic acids is 1. The summed E-state index contributed by atoms with van der Waals surface area (Å²) < 4.78 is 0. The molecule has 13 nitrogen and oxygen atoms in total. The topological polar surface area (TPSA) is 211 Å². The number of rotatable bonds is 9. The van der Waals surface area contributed by atoms with E-state index in [1.807, 2.05) is 11.9 Å². The molecule has 0 saturated carbocycles. The van der Waals surface area contributed by atoms with Gasteiger partial charge in [-0.05, 0) is 36.1 Å². The lowest BCUT2D eigenvalue weighted by Gasteiger charge is -2.41. The Bertz CT molecular complexity index is 1340. The van der Waals surface area contributed by atoms with Crippen LogP contribution < -0.4 is 21.7 Å². The van der Waals surface area contributed by atoms with E-state index in [0.29, 0.717) is 23.4 Å². The molecule has 0 aliphatic heterocycles. The van der Waals surface area contributed by atoms with E-state index >= 15 is 0 Å². The number of nitrogen functional groups attached to an aromatic ring is 2. The molecular formula is C24H30N8O5. The molecule has 0 aliphatic carbocycles. The van der Waals surface area contributed by atoms with E-state index in [9.17, 15) is 19.5 Å². The van der Waals surface area contributed by atoms with Crippen molar-refractivity contribution < 1.29 is 24.6 Å². The second kappa shape index (κ2) is 10.2. The van der Waals surface area contributed by atoms with Crippen molar-refractivity contribution in [3.05, 3.63) is 41.7 Å². The van der Waals surface area contributed by atoms with Crippen LogP contribution >= 0.6 is 0 Å². The summed E-state index contributed by atoms with van der Waals surface area (Å²) in [5, 5.41) is 21.7. The van der Waals surface area contributed by atoms with Gasteiger partial charge in [0, 0.05) is 24.7 Å². The monoisotopic (exact) mass is 510 g/mol. The highest BCUT2D eigenvalue weighted by Gasteiger charge is 2.50. The Morgan fingerprint density at radius 3 is 2.24 bits per heavy atom. The van der Waals surface area contributed by atoms with Crippen LogP contribution in [0.1, 0.15) is 49.7 Å². The Balaban J connectivity index is 1.78. The molecule has 1 atom stereocenters. The molecule has 0 unspecified atom stereocenters. The third-order valence-corrected chi connectivity index (χ3v) is 6.16. The van der Waals surface area contributed by atoms with E-state index in [1.165, 1.54) is 0 Å². The van der Waals surface area contributed by atoms with Crippen molar-refractivity contribution in [1.29, 1.82) is 0 Å². The fourth-order valence-electron chi connectivity index (χ4n) is 3.93. The van der Waals surface area contributed by atoms with Gasteiger partial charge in [-0.3, -0.25) is 9.59 Å². The van der Waals surface area contributed by atoms with Crippen LogP contribution in [0, 0.1) is 5.41 Å². The molecule has 0 spiro atoms. The van der Waals surface area contributed by atoms with Crippen molar-refractivity contribution in [3.63, 3.8) is 0 Å². The third kappa shape index (κ3) is 5.82. The summed E-state index contributed by atoms with van der Waals surface area (Å²) in [7, 11) is 1.82. The largest absolute Gasteiger partial charge is 0.481 e. The minimum atomic E-state index is -1.77. The highest BCUT2D eigenvalue weighted by Crippen LogP contribution is 2.35. The van der Waals surface area contributed by atoms with Crippen LogP contribution in [0.15, 0.2) is 30.5 Å². The van der Waals surface area contributed by atoms with Crippen molar-refractivity contribution in [2.24, 2.45) is 5.41 Å². The van der Waals surface area contributed by atoms with Crippen LogP contribution in [-0.4, -0.2) is 60.6 Å². The van der Waals surface area contributed by atoms with Gasteiger partial charge in [0.15, 0.2) is 17.0 Å². The molecular weight excluding hydrogens is 480 g/mol. The number of benzene rings is 1. The molecule has 196 valence electrons. The second-order valence-electron chi connectivity index (χ2n) is 9.71. The summed E-state index contributed by atoms with van der Waals surface area (Å²) in [6.45, 7) is 5.29. The van der Waals surface area contributed by atoms with Gasteiger partial charge in [-0.2, -0.15) is 9.97 Å². The van der Waals surface area contributed by atoms with Gasteiger partial charge in [0.25, 0.3) is 5.91 Å². The van der Waals surface area contributed by atoms with E-state index in [-0.39, 0.29) is 23.8 Å². The lowest BCUT2D eigenvalue weighted by Crippen LogP contribution is -2.62. The summed E-state index contributed by atoms with van der Waals surface area (Å²) >= 11 is 0. The highest BCUT2D eigenvalue weighted by molar-refractivity contribution is 5.98. The summed E-state index contributed by atoms with van der Waals surface area (Å²) in [6, 6.07) is 6.54. The van der Waals surface area contributed by atoms with Gasteiger partial charge in [-0.25, -0.2) is 14.8 Å². The minimum absolute atomic E-state index is 0.0123. The van der Waals surface area contributed by atoms with Gasteiger partial charge in [0.2, 0.25) is 5.95 Å². The number of nitrogens with one attached hydrogen (secondary N) is 1. The molecule has 3 aromatic rings.